The number of thioether (sulfide) groups is 1. The third kappa shape index (κ3) is 3.64. The molecule has 0 N–H and O–H groups in total. The third-order valence-electron chi connectivity index (χ3n) is 3.93. The van der Waals surface area contributed by atoms with E-state index in [4.69, 9.17) is 21.7 Å². The van der Waals surface area contributed by atoms with E-state index < -0.39 is 17.9 Å². The number of amides is 1. The first kappa shape index (κ1) is 17.8. The van der Waals surface area contributed by atoms with Crippen LogP contribution in [0.4, 0.5) is 0 Å². The number of carbonyl (C=O) groups is 2. The normalized spacial score (nSPS) is 18.9. The smallest absolute Gasteiger partial charge is 0.266 e. The van der Waals surface area contributed by atoms with E-state index in [1.54, 1.807) is 24.3 Å². The first-order chi connectivity index (χ1) is 12.0. The van der Waals surface area contributed by atoms with Crippen LogP contribution >= 0.6 is 24.0 Å². The lowest BCUT2D eigenvalue weighted by atomic mass is 10.1. The SMILES string of the molecule is CCCC[C@@H](C(=O)[O-])N1C(=O)/C(=C/c2ccc3c(c2)OCO3)SC1=S. The van der Waals surface area contributed by atoms with Crippen molar-refractivity contribution >= 4 is 46.3 Å². The van der Waals surface area contributed by atoms with E-state index in [0.717, 1.165) is 28.6 Å². The van der Waals surface area contributed by atoms with Gasteiger partial charge in [0.25, 0.3) is 5.91 Å². The molecule has 2 aliphatic heterocycles. The molecule has 132 valence electrons. The second-order valence-electron chi connectivity index (χ2n) is 5.64. The molecule has 2 heterocycles. The molecule has 1 amide bonds. The molecular weight excluding hydrogens is 362 g/mol. The van der Waals surface area contributed by atoms with Gasteiger partial charge in [-0.25, -0.2) is 0 Å². The van der Waals surface area contributed by atoms with E-state index in [1.807, 2.05) is 6.92 Å². The number of hydrogen-bond acceptors (Lipinski definition) is 7. The van der Waals surface area contributed by atoms with Crippen LogP contribution in [0.15, 0.2) is 23.1 Å². The van der Waals surface area contributed by atoms with Crippen molar-refractivity contribution in [3.05, 3.63) is 28.7 Å². The third-order valence-corrected chi connectivity index (χ3v) is 5.26. The summed E-state index contributed by atoms with van der Waals surface area (Å²) in [6.45, 7) is 2.13. The number of carbonyl (C=O) groups excluding carboxylic acids is 2. The maximum atomic E-state index is 12.7. The van der Waals surface area contributed by atoms with Gasteiger partial charge in [-0.2, -0.15) is 0 Å². The first-order valence-electron chi connectivity index (χ1n) is 7.89. The predicted molar refractivity (Wildman–Crippen MR) is 95.9 cm³/mol. The van der Waals surface area contributed by atoms with Gasteiger partial charge in [0.2, 0.25) is 6.79 Å². The zero-order valence-electron chi connectivity index (χ0n) is 13.5. The lowest BCUT2D eigenvalue weighted by molar-refractivity contribution is -0.310. The zero-order valence-corrected chi connectivity index (χ0v) is 15.2. The number of thiocarbonyl (C=S) groups is 1. The molecule has 1 aromatic rings. The van der Waals surface area contributed by atoms with Gasteiger partial charge in [-0.3, -0.25) is 9.69 Å². The van der Waals surface area contributed by atoms with Crippen molar-refractivity contribution in [3.8, 4) is 11.5 Å². The molecule has 1 fully saturated rings. The number of benzene rings is 1. The molecule has 1 atom stereocenters. The van der Waals surface area contributed by atoms with Gasteiger partial charge in [-0.1, -0.05) is 49.8 Å². The Hall–Kier alpha value is -2.06. The topological polar surface area (TPSA) is 78.9 Å². The van der Waals surface area contributed by atoms with E-state index in [-0.39, 0.29) is 11.1 Å². The lowest BCUT2D eigenvalue weighted by Crippen LogP contribution is -2.49. The minimum absolute atomic E-state index is 0.172. The molecule has 1 saturated heterocycles. The Labute approximate surface area is 154 Å². The van der Waals surface area contributed by atoms with Gasteiger partial charge < -0.3 is 19.4 Å². The molecule has 0 aliphatic carbocycles. The Morgan fingerprint density at radius 1 is 1.44 bits per heavy atom. The van der Waals surface area contributed by atoms with Crippen molar-refractivity contribution in [2.24, 2.45) is 0 Å². The van der Waals surface area contributed by atoms with Gasteiger partial charge in [0.05, 0.1) is 16.9 Å². The van der Waals surface area contributed by atoms with Crippen molar-refractivity contribution in [1.29, 1.82) is 0 Å². The number of fused-ring (bicyclic) bond motifs is 1. The molecule has 1 aromatic carbocycles. The summed E-state index contributed by atoms with van der Waals surface area (Å²) in [5, 5.41) is 11.5. The molecule has 2 aliphatic rings. The average molecular weight is 378 g/mol. The summed E-state index contributed by atoms with van der Waals surface area (Å²) >= 11 is 6.32. The molecule has 0 bridgehead atoms. The molecule has 0 radical (unpaired) electrons. The molecular formula is C17H16NO5S2-. The minimum Gasteiger partial charge on any atom is -0.548 e. The van der Waals surface area contributed by atoms with Crippen molar-refractivity contribution in [1.82, 2.24) is 4.90 Å². The fourth-order valence-corrected chi connectivity index (χ4v) is 4.01. The highest BCUT2D eigenvalue weighted by Gasteiger charge is 2.37. The molecule has 25 heavy (non-hydrogen) atoms. The summed E-state index contributed by atoms with van der Waals surface area (Å²) < 4.78 is 10.8. The van der Waals surface area contributed by atoms with E-state index in [1.165, 1.54) is 0 Å². The van der Waals surface area contributed by atoms with Gasteiger partial charge in [0, 0.05) is 0 Å². The zero-order chi connectivity index (χ0) is 18.0. The van der Waals surface area contributed by atoms with Gasteiger partial charge in [0.15, 0.2) is 11.5 Å². The molecule has 0 aromatic heterocycles. The Morgan fingerprint density at radius 3 is 2.92 bits per heavy atom. The number of aliphatic carboxylic acids is 1. The second-order valence-corrected chi connectivity index (χ2v) is 7.32. The van der Waals surface area contributed by atoms with Crippen molar-refractivity contribution in [2.75, 3.05) is 6.79 Å². The summed E-state index contributed by atoms with van der Waals surface area (Å²) in [6, 6.07) is 4.30. The van der Waals surface area contributed by atoms with Crippen molar-refractivity contribution in [3.63, 3.8) is 0 Å². The minimum atomic E-state index is -1.28. The maximum Gasteiger partial charge on any atom is 0.266 e. The molecule has 0 saturated carbocycles. The van der Waals surface area contributed by atoms with Crippen molar-refractivity contribution in [2.45, 2.75) is 32.2 Å². The summed E-state index contributed by atoms with van der Waals surface area (Å²) in [6.07, 6.45) is 3.50. The van der Waals surface area contributed by atoms with E-state index in [0.29, 0.717) is 29.2 Å². The number of ether oxygens (including phenoxy) is 2. The van der Waals surface area contributed by atoms with E-state index in [2.05, 4.69) is 0 Å². The maximum absolute atomic E-state index is 12.7. The van der Waals surface area contributed by atoms with Gasteiger partial charge >= 0.3 is 0 Å². The number of rotatable bonds is 6. The standard InChI is InChI=1S/C17H17NO5S2/c1-2-3-4-11(16(20)21)18-15(19)14(25-17(18)24)8-10-5-6-12-13(7-10)23-9-22-12/h5-8,11H,2-4,9H2,1H3,(H,20,21)/p-1/b14-8-/t11-/m0/s1. The quantitative estimate of drug-likeness (QED) is 0.553. The van der Waals surface area contributed by atoms with Gasteiger partial charge in [-0.15, -0.1) is 0 Å². The Morgan fingerprint density at radius 2 is 2.20 bits per heavy atom. The van der Waals surface area contributed by atoms with Crippen LogP contribution in [0, 0.1) is 0 Å². The average Bonchev–Trinajstić information content (AvgIpc) is 3.14. The fraction of sp³-hybridized carbons (Fsp3) is 0.353. The number of hydrogen-bond donors (Lipinski definition) is 0. The Kier molecular flexibility index (Phi) is 5.29. The van der Waals surface area contributed by atoms with Gasteiger partial charge in [-0.05, 0) is 30.2 Å². The highest BCUT2D eigenvalue weighted by molar-refractivity contribution is 8.26. The largest absolute Gasteiger partial charge is 0.548 e. The molecule has 3 rings (SSSR count). The van der Waals surface area contributed by atoms with Crippen LogP contribution in [0.1, 0.15) is 31.7 Å². The lowest BCUT2D eigenvalue weighted by Gasteiger charge is -2.27. The molecule has 0 spiro atoms. The summed E-state index contributed by atoms with van der Waals surface area (Å²) in [7, 11) is 0. The highest BCUT2D eigenvalue weighted by atomic mass is 32.2. The number of carboxylic acid groups (broad SMARTS) is 1. The number of unbranched alkanes of at least 4 members (excludes halogenated alkanes) is 1. The predicted octanol–water partition coefficient (Wildman–Crippen LogP) is 1.93. The van der Waals surface area contributed by atoms with Crippen LogP contribution in [-0.2, 0) is 9.59 Å². The monoisotopic (exact) mass is 378 g/mol. The highest BCUT2D eigenvalue weighted by Crippen LogP contribution is 2.37. The number of nitrogens with zero attached hydrogens (tertiary/aromatic N) is 1. The molecule has 6 nitrogen and oxygen atoms in total. The summed E-state index contributed by atoms with van der Waals surface area (Å²) in [5.41, 5.74) is 0.753. The van der Waals surface area contributed by atoms with Crippen LogP contribution in [-0.4, -0.2) is 33.9 Å². The molecule has 0 unspecified atom stereocenters. The van der Waals surface area contributed by atoms with Crippen LogP contribution in [0.25, 0.3) is 6.08 Å². The number of carboxylic acids is 1. The molecule has 8 heteroatoms. The fourth-order valence-electron chi connectivity index (χ4n) is 2.65. The summed E-state index contributed by atoms with van der Waals surface area (Å²) in [5.74, 6) is -0.423. The Balaban J connectivity index is 1.83. The summed E-state index contributed by atoms with van der Waals surface area (Å²) in [4.78, 5) is 25.7. The second kappa shape index (κ2) is 7.45. The van der Waals surface area contributed by atoms with Crippen LogP contribution in [0.3, 0.4) is 0 Å². The van der Waals surface area contributed by atoms with Gasteiger partial charge in [0.1, 0.15) is 4.32 Å². The van der Waals surface area contributed by atoms with Crippen LogP contribution in [0.5, 0.6) is 11.5 Å². The Bertz CT molecular complexity index is 761. The van der Waals surface area contributed by atoms with E-state index in [9.17, 15) is 14.7 Å². The first-order valence-corrected chi connectivity index (χ1v) is 9.11. The van der Waals surface area contributed by atoms with Crippen LogP contribution < -0.4 is 14.6 Å². The van der Waals surface area contributed by atoms with Crippen molar-refractivity contribution < 1.29 is 24.2 Å². The van der Waals surface area contributed by atoms with E-state index >= 15 is 0 Å². The van der Waals surface area contributed by atoms with Crippen LogP contribution in [0.2, 0.25) is 0 Å².